The van der Waals surface area contributed by atoms with Crippen molar-refractivity contribution < 1.29 is 32.3 Å². The molecule has 344 valence electrons. The molecule has 17 nitrogen and oxygen atoms in total. The fraction of sp³-hybridized carbons (Fsp3) is 0.227. The standard InChI is InChI=1S/C22H19F2N7OS.C17H14N6S.C5H7F2NO2/c1-30-12-22(23,24)18(20(30)32)13-4-3-5-14(10-13)19-26-16(11-33-19)15-6-8-25-21(27-15)28-17-7-9-31(2)29-17;1-23-10-8-15(22-23)21-17-18-9-7-13(20-17)14-11-24-16(19-14)12-5-3-2-4-6-12;1-8-2-5(6,7)3(9)4(8)10/h3-11,18H,12H2,1-2H3,(H,25,27,28,29);2-11H,1H3,(H,18,20,21,22);3,9H,2H2,1H3. The maximum atomic E-state index is 14.4. The number of aromatic nitrogens is 10. The second kappa shape index (κ2) is 19.1. The summed E-state index contributed by atoms with van der Waals surface area (Å²) >= 11 is 2.98. The van der Waals surface area contributed by atoms with Crippen molar-refractivity contribution >= 4 is 58.0 Å². The number of likely N-dealkylation sites (tertiary alicyclic amines) is 2. The van der Waals surface area contributed by atoms with E-state index in [0.29, 0.717) is 45.5 Å². The topological polar surface area (TPSA) is 198 Å². The lowest BCUT2D eigenvalue weighted by Crippen LogP contribution is -2.33. The molecule has 8 heterocycles. The van der Waals surface area contributed by atoms with Crippen LogP contribution in [-0.2, 0) is 23.7 Å². The minimum atomic E-state index is -3.27. The predicted molar refractivity (Wildman–Crippen MR) is 244 cm³/mol. The summed E-state index contributed by atoms with van der Waals surface area (Å²) in [6.45, 7) is -1.27. The highest BCUT2D eigenvalue weighted by Crippen LogP contribution is 2.42. The lowest BCUT2D eigenvalue weighted by atomic mass is 9.93. The first-order valence-electron chi connectivity index (χ1n) is 20.2. The van der Waals surface area contributed by atoms with E-state index < -0.39 is 48.8 Å². The molecule has 10 rings (SSSR count). The lowest BCUT2D eigenvalue weighted by Gasteiger charge is -2.16. The molecular weight excluding hydrogens is 913 g/mol. The van der Waals surface area contributed by atoms with E-state index in [1.807, 2.05) is 61.4 Å². The van der Waals surface area contributed by atoms with Crippen molar-refractivity contribution in [3.05, 3.63) is 120 Å². The second-order valence-electron chi connectivity index (χ2n) is 15.3. The Morgan fingerprint density at radius 2 is 1.12 bits per heavy atom. The number of likely N-dealkylation sites (N-methyl/N-ethyl adjacent to an activating group) is 2. The number of benzene rings is 2. The van der Waals surface area contributed by atoms with Crippen LogP contribution >= 0.6 is 22.7 Å². The van der Waals surface area contributed by atoms with Crippen LogP contribution in [0.2, 0.25) is 0 Å². The van der Waals surface area contributed by atoms with Crippen molar-refractivity contribution in [3.63, 3.8) is 0 Å². The van der Waals surface area contributed by atoms with Crippen molar-refractivity contribution in [2.75, 3.05) is 37.8 Å². The molecule has 23 heteroatoms. The van der Waals surface area contributed by atoms with Gasteiger partial charge in [0.2, 0.25) is 17.8 Å². The number of rotatable bonds is 9. The number of nitrogens with zero attached hydrogens (tertiary/aromatic N) is 12. The molecule has 67 heavy (non-hydrogen) atoms. The van der Waals surface area contributed by atoms with Gasteiger partial charge in [-0.3, -0.25) is 19.0 Å². The third-order valence-corrected chi connectivity index (χ3v) is 12.0. The molecule has 6 aromatic heterocycles. The van der Waals surface area contributed by atoms with Crippen LogP contribution in [-0.4, -0.2) is 121 Å². The fourth-order valence-electron chi connectivity index (χ4n) is 6.94. The third-order valence-electron chi connectivity index (χ3n) is 10.2. The van der Waals surface area contributed by atoms with Crippen LogP contribution in [0.1, 0.15) is 11.5 Å². The summed E-state index contributed by atoms with van der Waals surface area (Å²) in [5.41, 5.74) is 4.92. The van der Waals surface area contributed by atoms with E-state index in [9.17, 15) is 27.2 Å². The zero-order valence-electron chi connectivity index (χ0n) is 36.0. The predicted octanol–water partition coefficient (Wildman–Crippen LogP) is 7.13. The van der Waals surface area contributed by atoms with Crippen LogP contribution < -0.4 is 10.6 Å². The van der Waals surface area contributed by atoms with Crippen LogP contribution in [0.25, 0.3) is 43.9 Å². The Kier molecular flexibility index (Phi) is 13.2. The molecule has 0 bridgehead atoms. The Hall–Kier alpha value is -7.50. The van der Waals surface area contributed by atoms with Crippen molar-refractivity contribution in [2.45, 2.75) is 23.9 Å². The van der Waals surface area contributed by atoms with Crippen LogP contribution in [0.15, 0.2) is 114 Å². The Bertz CT molecular complexity index is 3020. The van der Waals surface area contributed by atoms with Crippen molar-refractivity contribution in [2.24, 2.45) is 14.1 Å². The van der Waals surface area contributed by atoms with Gasteiger partial charge in [0, 0.05) is 87.0 Å². The average Bonchev–Trinajstić information content (AvgIpc) is 4.18. The average molecular weight is 953 g/mol. The number of thiazole rings is 2. The number of nitrogens with one attached hydrogen (secondary N) is 2. The highest BCUT2D eigenvalue weighted by atomic mass is 32.1. The Labute approximate surface area is 387 Å². The van der Waals surface area contributed by atoms with Crippen molar-refractivity contribution in [1.82, 2.24) is 59.3 Å². The normalized spacial score (nSPS) is 17.1. The number of hydrogen-bond acceptors (Lipinski definition) is 15. The number of aryl methyl sites for hydroxylation is 2. The molecule has 2 fully saturated rings. The Morgan fingerprint density at radius 3 is 1.57 bits per heavy atom. The van der Waals surface area contributed by atoms with Gasteiger partial charge in [0.1, 0.15) is 27.3 Å². The third kappa shape index (κ3) is 10.6. The van der Waals surface area contributed by atoms with Crippen LogP contribution in [0, 0.1) is 0 Å². The zero-order chi connectivity index (χ0) is 47.5. The van der Waals surface area contributed by atoms with Crippen LogP contribution in [0.3, 0.4) is 0 Å². The van der Waals surface area contributed by atoms with Gasteiger partial charge < -0.3 is 25.5 Å². The number of halogens is 4. The van der Waals surface area contributed by atoms with E-state index in [0.717, 1.165) is 31.8 Å². The largest absolute Gasteiger partial charge is 0.378 e. The first-order chi connectivity index (χ1) is 32.0. The molecule has 0 spiro atoms. The molecule has 0 radical (unpaired) electrons. The molecule has 2 aromatic carbocycles. The molecule has 2 aliphatic rings. The first-order valence-corrected chi connectivity index (χ1v) is 22.0. The highest BCUT2D eigenvalue weighted by molar-refractivity contribution is 7.13. The minimum absolute atomic E-state index is 0.285. The molecule has 0 saturated carbocycles. The Morgan fingerprint density at radius 1 is 0.612 bits per heavy atom. The molecule has 2 unspecified atom stereocenters. The first kappa shape index (κ1) is 46.0. The summed E-state index contributed by atoms with van der Waals surface area (Å²) in [6, 6.07) is 24.0. The molecule has 3 N–H and O–H groups in total. The van der Waals surface area contributed by atoms with Gasteiger partial charge in [0.15, 0.2) is 17.7 Å². The number of alkyl halides is 4. The van der Waals surface area contributed by atoms with Gasteiger partial charge in [0.25, 0.3) is 17.8 Å². The smallest absolute Gasteiger partial charge is 0.299 e. The molecule has 2 aliphatic heterocycles. The number of aliphatic hydroxyl groups excluding tert-OH is 1. The minimum Gasteiger partial charge on any atom is -0.378 e. The molecule has 2 amide bonds. The van der Waals surface area contributed by atoms with Crippen molar-refractivity contribution in [1.29, 1.82) is 0 Å². The SMILES string of the molecule is CN1CC(F)(F)C(O)C1=O.CN1CC(F)(F)C(c2cccc(-c3nc(-c4ccnc(Nc5ccn(C)n5)n4)cs3)c2)C1=O.Cn1ccc(Nc2nccc(-c3csc(-c4ccccc4)n3)n2)n1. The lowest BCUT2D eigenvalue weighted by molar-refractivity contribution is -0.140. The number of anilines is 4. The number of carbonyl (C=O) groups excluding carboxylic acids is 2. The number of aliphatic hydroxyl groups is 1. The summed E-state index contributed by atoms with van der Waals surface area (Å²) < 4.78 is 56.9. The fourth-order valence-corrected chi connectivity index (χ4v) is 8.57. The summed E-state index contributed by atoms with van der Waals surface area (Å²) in [5.74, 6) is -7.15. The molecule has 2 atom stereocenters. The summed E-state index contributed by atoms with van der Waals surface area (Å²) in [7, 11) is 6.30. The maximum Gasteiger partial charge on any atom is 0.299 e. The summed E-state index contributed by atoms with van der Waals surface area (Å²) in [4.78, 5) is 51.5. The molecular formula is C44H40F4N14O3S2. The number of hydrogen-bond donors (Lipinski definition) is 3. The highest BCUT2D eigenvalue weighted by Gasteiger charge is 2.54. The monoisotopic (exact) mass is 952 g/mol. The van der Waals surface area contributed by atoms with E-state index in [1.54, 1.807) is 75.7 Å². The van der Waals surface area contributed by atoms with Gasteiger partial charge in [-0.1, -0.05) is 48.5 Å². The summed E-state index contributed by atoms with van der Waals surface area (Å²) in [6.07, 6.45) is 4.86. The quantitative estimate of drug-likeness (QED) is 0.124. The molecule has 0 aliphatic carbocycles. The van der Waals surface area contributed by atoms with E-state index in [4.69, 9.17) is 5.11 Å². The number of carbonyl (C=O) groups is 2. The van der Waals surface area contributed by atoms with Gasteiger partial charge in [-0.25, -0.2) is 47.5 Å². The van der Waals surface area contributed by atoms with Gasteiger partial charge >= 0.3 is 0 Å². The Balaban J connectivity index is 0.000000156. The molecule has 8 aromatic rings. The zero-order valence-corrected chi connectivity index (χ0v) is 37.6. The summed E-state index contributed by atoms with van der Waals surface area (Å²) in [5, 5.41) is 28.7. The maximum absolute atomic E-state index is 14.4. The van der Waals surface area contributed by atoms with Gasteiger partial charge in [-0.05, 0) is 23.8 Å². The van der Waals surface area contributed by atoms with E-state index in [1.165, 1.54) is 25.4 Å². The van der Waals surface area contributed by atoms with Gasteiger partial charge in [-0.15, -0.1) is 22.7 Å². The van der Waals surface area contributed by atoms with Crippen LogP contribution in [0.5, 0.6) is 0 Å². The van der Waals surface area contributed by atoms with Gasteiger partial charge in [-0.2, -0.15) is 10.2 Å². The van der Waals surface area contributed by atoms with E-state index in [2.05, 4.69) is 62.9 Å². The van der Waals surface area contributed by atoms with Gasteiger partial charge in [0.05, 0.1) is 24.5 Å². The van der Waals surface area contributed by atoms with E-state index >= 15 is 0 Å². The second-order valence-corrected chi connectivity index (χ2v) is 17.1. The van der Waals surface area contributed by atoms with Crippen molar-refractivity contribution in [3.8, 4) is 43.9 Å². The van der Waals surface area contributed by atoms with Crippen LogP contribution in [0.4, 0.5) is 41.1 Å². The van der Waals surface area contributed by atoms with E-state index in [-0.39, 0.29) is 5.56 Å². The molecule has 2 saturated heterocycles. The number of amides is 2.